The third-order valence-electron chi connectivity index (χ3n) is 3.11. The molecule has 1 aromatic carbocycles. The highest BCUT2D eigenvalue weighted by molar-refractivity contribution is 5.89. The number of nitrogens with one attached hydrogen (secondary N) is 1. The van der Waals surface area contributed by atoms with Gasteiger partial charge in [-0.05, 0) is 24.6 Å². The summed E-state index contributed by atoms with van der Waals surface area (Å²) in [4.78, 5) is 11.4. The van der Waals surface area contributed by atoms with Crippen LogP contribution in [0.25, 0.3) is 0 Å². The van der Waals surface area contributed by atoms with Crippen LogP contribution >= 0.6 is 0 Å². The van der Waals surface area contributed by atoms with Crippen LogP contribution in [0.15, 0.2) is 23.3 Å². The zero-order chi connectivity index (χ0) is 13.2. The molecule has 1 N–H and O–H groups in total. The number of benzene rings is 1. The van der Waals surface area contributed by atoms with Gasteiger partial charge in [0.15, 0.2) is 11.5 Å². The first-order chi connectivity index (χ1) is 8.59. The molecule has 1 amide bonds. The molecule has 5 nitrogen and oxygen atoms in total. The Kier molecular flexibility index (Phi) is 3.23. The fraction of sp³-hybridized carbons (Fsp3) is 0.385. The van der Waals surface area contributed by atoms with Crippen molar-refractivity contribution >= 4 is 12.1 Å². The van der Waals surface area contributed by atoms with Crippen molar-refractivity contribution in [3.63, 3.8) is 0 Å². The van der Waals surface area contributed by atoms with Crippen molar-refractivity contribution in [3.8, 4) is 11.5 Å². The summed E-state index contributed by atoms with van der Waals surface area (Å²) in [5, 5.41) is 3.89. The number of nitrogens with zero attached hydrogens (tertiary/aromatic N) is 1. The summed E-state index contributed by atoms with van der Waals surface area (Å²) in [6.07, 6.45) is 2.11. The van der Waals surface area contributed by atoms with E-state index in [4.69, 9.17) is 9.47 Å². The van der Waals surface area contributed by atoms with E-state index < -0.39 is 5.41 Å². The number of hydrazone groups is 1. The molecule has 1 heterocycles. The zero-order valence-corrected chi connectivity index (χ0v) is 10.7. The van der Waals surface area contributed by atoms with Gasteiger partial charge in [-0.2, -0.15) is 5.10 Å². The quantitative estimate of drug-likeness (QED) is 0.881. The molecule has 1 aliphatic heterocycles. The average molecular weight is 248 g/mol. The number of carbonyl (C=O) groups excluding carboxylic acids is 1. The Bertz CT molecular complexity index is 499. The summed E-state index contributed by atoms with van der Waals surface area (Å²) in [7, 11) is 3.18. The molecule has 0 bridgehead atoms. The van der Waals surface area contributed by atoms with E-state index in [1.165, 1.54) is 0 Å². The highest BCUT2D eigenvalue weighted by Crippen LogP contribution is 2.34. The second-order valence-electron chi connectivity index (χ2n) is 4.46. The maximum Gasteiger partial charge on any atom is 0.241 e. The molecule has 1 unspecified atom stereocenters. The van der Waals surface area contributed by atoms with E-state index in [-0.39, 0.29) is 5.91 Å². The molecule has 0 saturated heterocycles. The van der Waals surface area contributed by atoms with Crippen LogP contribution in [-0.2, 0) is 10.2 Å². The number of amides is 1. The Morgan fingerprint density at radius 1 is 1.28 bits per heavy atom. The lowest BCUT2D eigenvalue weighted by Crippen LogP contribution is -2.37. The summed E-state index contributed by atoms with van der Waals surface area (Å²) in [5.41, 5.74) is 2.99. The average Bonchev–Trinajstić information content (AvgIpc) is 2.37. The van der Waals surface area contributed by atoms with Gasteiger partial charge in [0.2, 0.25) is 5.91 Å². The maximum absolute atomic E-state index is 11.4. The minimum Gasteiger partial charge on any atom is -0.493 e. The molecular weight excluding hydrogens is 232 g/mol. The molecule has 0 radical (unpaired) electrons. The largest absolute Gasteiger partial charge is 0.493 e. The van der Waals surface area contributed by atoms with Crippen molar-refractivity contribution in [2.75, 3.05) is 14.2 Å². The Labute approximate surface area is 106 Å². The van der Waals surface area contributed by atoms with E-state index in [0.717, 1.165) is 5.56 Å². The van der Waals surface area contributed by atoms with Gasteiger partial charge in [0.05, 0.1) is 14.2 Å². The van der Waals surface area contributed by atoms with Gasteiger partial charge in [-0.25, -0.2) is 5.43 Å². The standard InChI is InChI=1S/C13H16N2O3/c1-13(7-12(16)15-14-8-13)9-4-5-10(17-2)11(6-9)18-3/h4-6,8H,7H2,1-3H3,(H,15,16). The minimum atomic E-state index is -0.415. The number of ether oxygens (including phenoxy) is 2. The smallest absolute Gasteiger partial charge is 0.241 e. The molecule has 0 spiro atoms. The van der Waals surface area contributed by atoms with Crippen LogP contribution in [0.2, 0.25) is 0 Å². The normalized spacial score (nSPS) is 22.5. The number of carbonyl (C=O) groups is 1. The Morgan fingerprint density at radius 3 is 2.61 bits per heavy atom. The molecule has 0 saturated carbocycles. The molecule has 2 rings (SSSR count). The van der Waals surface area contributed by atoms with E-state index in [9.17, 15) is 4.79 Å². The summed E-state index contributed by atoms with van der Waals surface area (Å²) in [6.45, 7) is 1.97. The van der Waals surface area contributed by atoms with Crippen LogP contribution in [0.5, 0.6) is 11.5 Å². The Balaban J connectivity index is 2.42. The van der Waals surface area contributed by atoms with Crippen molar-refractivity contribution in [2.45, 2.75) is 18.8 Å². The Morgan fingerprint density at radius 2 is 2.00 bits per heavy atom. The number of methoxy groups -OCH3 is 2. The third kappa shape index (κ3) is 2.16. The van der Waals surface area contributed by atoms with Crippen molar-refractivity contribution in [3.05, 3.63) is 23.8 Å². The summed E-state index contributed by atoms with van der Waals surface area (Å²) in [5.74, 6) is 1.23. The lowest BCUT2D eigenvalue weighted by atomic mass is 9.79. The lowest BCUT2D eigenvalue weighted by molar-refractivity contribution is -0.122. The van der Waals surface area contributed by atoms with Crippen LogP contribution in [-0.4, -0.2) is 26.3 Å². The lowest BCUT2D eigenvalue weighted by Gasteiger charge is -2.28. The second-order valence-corrected chi connectivity index (χ2v) is 4.46. The Hall–Kier alpha value is -2.04. The first-order valence-electron chi connectivity index (χ1n) is 5.64. The second kappa shape index (κ2) is 4.68. The monoisotopic (exact) mass is 248 g/mol. The van der Waals surface area contributed by atoms with Crippen molar-refractivity contribution in [1.82, 2.24) is 5.43 Å². The zero-order valence-electron chi connectivity index (χ0n) is 10.7. The molecule has 0 aliphatic carbocycles. The van der Waals surface area contributed by atoms with Crippen LogP contribution < -0.4 is 14.9 Å². The van der Waals surface area contributed by atoms with E-state index >= 15 is 0 Å². The molecule has 1 aromatic rings. The summed E-state index contributed by atoms with van der Waals surface area (Å²) in [6, 6.07) is 5.63. The van der Waals surface area contributed by atoms with Crippen LogP contribution in [0.1, 0.15) is 18.9 Å². The molecule has 0 fully saturated rings. The topological polar surface area (TPSA) is 59.9 Å². The van der Waals surface area contributed by atoms with Gasteiger partial charge in [0.1, 0.15) is 0 Å². The van der Waals surface area contributed by atoms with Gasteiger partial charge in [-0.1, -0.05) is 6.07 Å². The molecule has 1 aliphatic rings. The maximum atomic E-state index is 11.4. The van der Waals surface area contributed by atoms with E-state index in [0.29, 0.717) is 17.9 Å². The van der Waals surface area contributed by atoms with Crippen LogP contribution in [0.3, 0.4) is 0 Å². The van der Waals surface area contributed by atoms with Gasteiger partial charge in [-0.15, -0.1) is 0 Å². The van der Waals surface area contributed by atoms with Gasteiger partial charge >= 0.3 is 0 Å². The van der Waals surface area contributed by atoms with E-state index in [2.05, 4.69) is 10.5 Å². The predicted molar refractivity (Wildman–Crippen MR) is 68.1 cm³/mol. The van der Waals surface area contributed by atoms with Gasteiger partial charge in [-0.3, -0.25) is 4.79 Å². The van der Waals surface area contributed by atoms with Gasteiger partial charge in [0, 0.05) is 18.1 Å². The highest BCUT2D eigenvalue weighted by Gasteiger charge is 2.31. The van der Waals surface area contributed by atoms with Crippen molar-refractivity contribution < 1.29 is 14.3 Å². The van der Waals surface area contributed by atoms with Crippen molar-refractivity contribution in [2.24, 2.45) is 5.10 Å². The molecule has 5 heteroatoms. The summed E-state index contributed by atoms with van der Waals surface area (Å²) >= 11 is 0. The van der Waals surface area contributed by atoms with E-state index in [1.807, 2.05) is 25.1 Å². The number of rotatable bonds is 3. The molecule has 1 atom stereocenters. The molecule has 96 valence electrons. The van der Waals surface area contributed by atoms with E-state index in [1.54, 1.807) is 20.4 Å². The molecular formula is C13H16N2O3. The first kappa shape index (κ1) is 12.4. The fourth-order valence-corrected chi connectivity index (χ4v) is 2.03. The van der Waals surface area contributed by atoms with Gasteiger partial charge < -0.3 is 9.47 Å². The van der Waals surface area contributed by atoms with Crippen LogP contribution in [0.4, 0.5) is 0 Å². The molecule has 18 heavy (non-hydrogen) atoms. The summed E-state index contributed by atoms with van der Waals surface area (Å²) < 4.78 is 10.5. The highest BCUT2D eigenvalue weighted by atomic mass is 16.5. The fourth-order valence-electron chi connectivity index (χ4n) is 2.03. The predicted octanol–water partition coefficient (Wildman–Crippen LogP) is 1.47. The SMILES string of the molecule is COc1ccc(C2(C)C=NNC(=O)C2)cc1OC. The first-order valence-corrected chi connectivity index (χ1v) is 5.64. The van der Waals surface area contributed by atoms with Crippen molar-refractivity contribution in [1.29, 1.82) is 0 Å². The molecule has 0 aromatic heterocycles. The van der Waals surface area contributed by atoms with Crippen LogP contribution in [0, 0.1) is 0 Å². The third-order valence-corrected chi connectivity index (χ3v) is 3.11. The number of hydrogen-bond acceptors (Lipinski definition) is 4. The minimum absolute atomic E-state index is 0.0882. The van der Waals surface area contributed by atoms with Gasteiger partial charge in [0.25, 0.3) is 0 Å². The number of hydrogen-bond donors (Lipinski definition) is 1.